The molecular weight excluding hydrogens is 322 g/mol. The van der Waals surface area contributed by atoms with E-state index in [-0.39, 0.29) is 12.8 Å². The Hall–Kier alpha value is -0.800. The summed E-state index contributed by atoms with van der Waals surface area (Å²) in [5.74, 6) is -0.390. The van der Waals surface area contributed by atoms with E-state index in [1.165, 1.54) is 18.2 Å². The van der Waals surface area contributed by atoms with E-state index in [2.05, 4.69) is 0 Å². The summed E-state index contributed by atoms with van der Waals surface area (Å²) >= 11 is 17.9. The van der Waals surface area contributed by atoms with Crippen LogP contribution in [-0.2, 0) is 12.8 Å². The van der Waals surface area contributed by atoms with E-state index in [1.54, 1.807) is 18.2 Å². The second kappa shape index (κ2) is 6.77. The Morgan fingerprint density at radius 2 is 1.65 bits per heavy atom. The number of benzene rings is 2. The van der Waals surface area contributed by atoms with Gasteiger partial charge in [-0.05, 0) is 41.5 Å². The summed E-state index contributed by atoms with van der Waals surface area (Å²) in [5, 5.41) is 11.5. The molecule has 0 aliphatic carbocycles. The van der Waals surface area contributed by atoms with Crippen LogP contribution in [0, 0.1) is 5.82 Å². The van der Waals surface area contributed by atoms with Crippen LogP contribution in [-0.4, -0.2) is 11.2 Å². The maximum absolute atomic E-state index is 13.6. The third-order valence-electron chi connectivity index (χ3n) is 2.96. The average Bonchev–Trinajstić information content (AvgIpc) is 2.38. The van der Waals surface area contributed by atoms with Gasteiger partial charge < -0.3 is 5.11 Å². The van der Waals surface area contributed by atoms with Crippen molar-refractivity contribution in [3.05, 3.63) is 68.4 Å². The molecule has 0 radical (unpaired) electrons. The van der Waals surface area contributed by atoms with E-state index in [9.17, 15) is 9.50 Å². The van der Waals surface area contributed by atoms with E-state index < -0.39 is 11.9 Å². The Morgan fingerprint density at radius 1 is 1.00 bits per heavy atom. The molecule has 1 nitrogen and oxygen atoms in total. The maximum atomic E-state index is 13.6. The molecule has 2 rings (SSSR count). The second-order valence-corrected chi connectivity index (χ2v) is 5.75. The summed E-state index contributed by atoms with van der Waals surface area (Å²) in [4.78, 5) is 0. The molecule has 0 spiro atoms. The van der Waals surface area contributed by atoms with Crippen molar-refractivity contribution in [2.75, 3.05) is 0 Å². The van der Waals surface area contributed by atoms with Crippen molar-refractivity contribution in [3.8, 4) is 0 Å². The minimum absolute atomic E-state index is 0.147. The summed E-state index contributed by atoms with van der Waals surface area (Å²) in [6, 6.07) is 9.40. The fourth-order valence-corrected chi connectivity index (χ4v) is 2.74. The Balaban J connectivity index is 2.13. The summed E-state index contributed by atoms with van der Waals surface area (Å²) in [6.45, 7) is 0. The zero-order valence-electron chi connectivity index (χ0n) is 10.4. The standard InChI is InChI=1S/C15H12Cl3FO/c16-10-4-5-15(19)9(6-10)7-11(20)8-12-13(17)2-1-3-14(12)18/h1-6,11,20H,7-8H2. The summed E-state index contributed by atoms with van der Waals surface area (Å²) in [5.41, 5.74) is 1.03. The lowest BCUT2D eigenvalue weighted by Gasteiger charge is -2.14. The zero-order chi connectivity index (χ0) is 14.7. The second-order valence-electron chi connectivity index (χ2n) is 4.50. The van der Waals surface area contributed by atoms with Crippen molar-refractivity contribution in [2.45, 2.75) is 18.9 Å². The van der Waals surface area contributed by atoms with E-state index >= 15 is 0 Å². The fraction of sp³-hybridized carbons (Fsp3) is 0.200. The summed E-state index contributed by atoms with van der Waals surface area (Å²) < 4.78 is 13.6. The molecule has 2 aromatic rings. The van der Waals surface area contributed by atoms with Gasteiger partial charge in [-0.1, -0.05) is 40.9 Å². The quantitative estimate of drug-likeness (QED) is 0.841. The van der Waals surface area contributed by atoms with Crippen LogP contribution in [0.15, 0.2) is 36.4 Å². The number of rotatable bonds is 4. The van der Waals surface area contributed by atoms with Gasteiger partial charge in [-0.3, -0.25) is 0 Å². The number of aliphatic hydroxyl groups excluding tert-OH is 1. The molecule has 5 heteroatoms. The maximum Gasteiger partial charge on any atom is 0.126 e. The van der Waals surface area contributed by atoms with Gasteiger partial charge in [0.2, 0.25) is 0 Å². The molecule has 20 heavy (non-hydrogen) atoms. The summed E-state index contributed by atoms with van der Waals surface area (Å²) in [7, 11) is 0. The van der Waals surface area contributed by atoms with Gasteiger partial charge >= 0.3 is 0 Å². The normalized spacial score (nSPS) is 12.4. The monoisotopic (exact) mass is 332 g/mol. The Kier molecular flexibility index (Phi) is 5.28. The Labute approximate surface area is 131 Å². The van der Waals surface area contributed by atoms with Crippen molar-refractivity contribution in [1.82, 2.24) is 0 Å². The molecule has 1 N–H and O–H groups in total. The van der Waals surface area contributed by atoms with E-state index in [0.717, 1.165) is 0 Å². The van der Waals surface area contributed by atoms with Crippen LogP contribution >= 0.6 is 34.8 Å². The number of hydrogen-bond acceptors (Lipinski definition) is 1. The molecule has 0 amide bonds. The smallest absolute Gasteiger partial charge is 0.126 e. The van der Waals surface area contributed by atoms with Crippen LogP contribution in [0.3, 0.4) is 0 Å². The van der Waals surface area contributed by atoms with E-state index in [4.69, 9.17) is 34.8 Å². The highest BCUT2D eigenvalue weighted by molar-refractivity contribution is 6.36. The number of aliphatic hydroxyl groups is 1. The molecule has 0 aliphatic heterocycles. The molecule has 2 aromatic carbocycles. The first-order valence-electron chi connectivity index (χ1n) is 6.02. The lowest BCUT2D eigenvalue weighted by atomic mass is 10.0. The first-order chi connectivity index (χ1) is 9.47. The van der Waals surface area contributed by atoms with Gasteiger partial charge in [-0.15, -0.1) is 0 Å². The van der Waals surface area contributed by atoms with Gasteiger partial charge in [0.25, 0.3) is 0 Å². The highest BCUT2D eigenvalue weighted by Gasteiger charge is 2.14. The summed E-state index contributed by atoms with van der Waals surface area (Å²) in [6.07, 6.45) is -0.390. The molecule has 0 saturated heterocycles. The Bertz CT molecular complexity index is 596. The molecule has 0 heterocycles. The van der Waals surface area contributed by atoms with Crippen molar-refractivity contribution in [2.24, 2.45) is 0 Å². The first-order valence-corrected chi connectivity index (χ1v) is 7.15. The van der Waals surface area contributed by atoms with Crippen molar-refractivity contribution < 1.29 is 9.50 Å². The van der Waals surface area contributed by atoms with Gasteiger partial charge in [-0.2, -0.15) is 0 Å². The van der Waals surface area contributed by atoms with Crippen molar-refractivity contribution >= 4 is 34.8 Å². The minimum Gasteiger partial charge on any atom is -0.392 e. The highest BCUT2D eigenvalue weighted by atomic mass is 35.5. The van der Waals surface area contributed by atoms with Crippen LogP contribution in [0.2, 0.25) is 15.1 Å². The first kappa shape index (κ1) is 15.6. The Morgan fingerprint density at radius 3 is 2.30 bits per heavy atom. The molecule has 0 bridgehead atoms. The molecule has 1 unspecified atom stereocenters. The molecule has 0 fully saturated rings. The van der Waals surface area contributed by atoms with Gasteiger partial charge in [0.05, 0.1) is 6.10 Å². The van der Waals surface area contributed by atoms with E-state index in [0.29, 0.717) is 26.2 Å². The molecule has 1 atom stereocenters. The SMILES string of the molecule is OC(Cc1cc(Cl)ccc1F)Cc1c(Cl)cccc1Cl. The van der Waals surface area contributed by atoms with E-state index in [1.807, 2.05) is 0 Å². The van der Waals surface area contributed by atoms with Crippen LogP contribution in [0.1, 0.15) is 11.1 Å². The third-order valence-corrected chi connectivity index (χ3v) is 3.91. The zero-order valence-corrected chi connectivity index (χ0v) is 12.7. The molecule has 106 valence electrons. The number of halogens is 4. The van der Waals surface area contributed by atoms with Gasteiger partial charge in [0.15, 0.2) is 0 Å². The predicted octanol–water partition coefficient (Wildman–Crippen LogP) is 4.93. The third kappa shape index (κ3) is 3.86. The van der Waals surface area contributed by atoms with Gasteiger partial charge in [0, 0.05) is 27.9 Å². The van der Waals surface area contributed by atoms with Crippen LogP contribution in [0.25, 0.3) is 0 Å². The van der Waals surface area contributed by atoms with Crippen molar-refractivity contribution in [3.63, 3.8) is 0 Å². The molecule has 0 aromatic heterocycles. The lowest BCUT2D eigenvalue weighted by Crippen LogP contribution is -2.15. The molecular formula is C15H12Cl3FO. The largest absolute Gasteiger partial charge is 0.392 e. The van der Waals surface area contributed by atoms with Gasteiger partial charge in [0.1, 0.15) is 5.82 Å². The van der Waals surface area contributed by atoms with Crippen LogP contribution < -0.4 is 0 Å². The van der Waals surface area contributed by atoms with Gasteiger partial charge in [-0.25, -0.2) is 4.39 Å². The molecule has 0 aliphatic rings. The van der Waals surface area contributed by atoms with Crippen molar-refractivity contribution in [1.29, 1.82) is 0 Å². The fourth-order valence-electron chi connectivity index (χ4n) is 1.99. The van der Waals surface area contributed by atoms with Crippen LogP contribution in [0.4, 0.5) is 4.39 Å². The lowest BCUT2D eigenvalue weighted by molar-refractivity contribution is 0.174. The average molecular weight is 334 g/mol. The number of hydrogen-bond donors (Lipinski definition) is 1. The minimum atomic E-state index is -0.791. The highest BCUT2D eigenvalue weighted by Crippen LogP contribution is 2.26. The predicted molar refractivity (Wildman–Crippen MR) is 81.3 cm³/mol. The van der Waals surface area contributed by atoms with Crippen LogP contribution in [0.5, 0.6) is 0 Å². The molecule has 0 saturated carbocycles. The topological polar surface area (TPSA) is 20.2 Å².